The van der Waals surface area contributed by atoms with E-state index in [0.29, 0.717) is 17.2 Å². The van der Waals surface area contributed by atoms with Crippen molar-refractivity contribution >= 4 is 0 Å². The molecule has 0 amide bonds. The third-order valence-electron chi connectivity index (χ3n) is 3.00. The predicted molar refractivity (Wildman–Crippen MR) is 73.5 cm³/mol. The van der Waals surface area contributed by atoms with Crippen LogP contribution in [0.5, 0.6) is 5.75 Å². The number of ether oxygens (including phenoxy) is 1. The van der Waals surface area contributed by atoms with Crippen LogP contribution in [0.4, 0.5) is 0 Å². The Bertz CT molecular complexity index is 704. The maximum Gasteiger partial charge on any atom is 0.154 e. The number of furan rings is 1. The summed E-state index contributed by atoms with van der Waals surface area (Å²) in [4.78, 5) is 0. The summed E-state index contributed by atoms with van der Waals surface area (Å²) < 4.78 is 12.5. The van der Waals surface area contributed by atoms with Crippen LogP contribution in [0.15, 0.2) is 47.1 Å². The van der Waals surface area contributed by atoms with E-state index in [1.807, 2.05) is 36.4 Å². The summed E-state index contributed by atoms with van der Waals surface area (Å²) in [6, 6.07) is 11.2. The Kier molecular flexibility index (Phi) is 3.22. The number of rotatable bonds is 4. The van der Waals surface area contributed by atoms with Gasteiger partial charge in [-0.2, -0.15) is 0 Å². The molecule has 3 rings (SSSR count). The molecule has 1 aromatic carbocycles. The van der Waals surface area contributed by atoms with E-state index in [1.165, 1.54) is 0 Å². The molecule has 0 saturated heterocycles. The first-order valence-corrected chi connectivity index (χ1v) is 6.17. The van der Waals surface area contributed by atoms with Crippen LogP contribution >= 0.6 is 0 Å². The summed E-state index contributed by atoms with van der Waals surface area (Å²) >= 11 is 0. The summed E-state index contributed by atoms with van der Waals surface area (Å²) in [5.74, 6) is 1.37. The Morgan fingerprint density at radius 1 is 1.25 bits per heavy atom. The molecular weight excluding hydrogens is 256 g/mol. The highest BCUT2D eigenvalue weighted by Gasteiger charge is 2.19. The monoisotopic (exact) mass is 270 g/mol. The number of nitrogens with zero attached hydrogens (tertiary/aromatic N) is 3. The number of para-hydroxylation sites is 2. The summed E-state index contributed by atoms with van der Waals surface area (Å²) in [6.45, 7) is 0.283. The topological polar surface area (TPSA) is 79.1 Å². The standard InChI is InChI=1S/C14H14N4O2/c1-19-12-6-3-2-5-11(12)18-14(10(9-15)16-17-18)13-7-4-8-20-13/h2-8H,9,15H2,1H3. The molecule has 0 aliphatic rings. The molecule has 0 bridgehead atoms. The van der Waals surface area contributed by atoms with Crippen LogP contribution in [-0.2, 0) is 6.54 Å². The second-order valence-corrected chi connectivity index (χ2v) is 4.15. The first kappa shape index (κ1) is 12.4. The lowest BCUT2D eigenvalue weighted by Gasteiger charge is -2.09. The highest BCUT2D eigenvalue weighted by molar-refractivity contribution is 5.61. The van der Waals surface area contributed by atoms with Crippen LogP contribution in [0.25, 0.3) is 17.1 Å². The van der Waals surface area contributed by atoms with Gasteiger partial charge in [-0.25, -0.2) is 4.68 Å². The second kappa shape index (κ2) is 5.18. The van der Waals surface area contributed by atoms with Gasteiger partial charge in [0.05, 0.1) is 13.4 Å². The van der Waals surface area contributed by atoms with Gasteiger partial charge in [0.1, 0.15) is 22.8 Å². The van der Waals surface area contributed by atoms with E-state index in [-0.39, 0.29) is 6.54 Å². The average molecular weight is 270 g/mol. The highest BCUT2D eigenvalue weighted by Crippen LogP contribution is 2.29. The maximum atomic E-state index is 5.73. The molecule has 0 aliphatic heterocycles. The van der Waals surface area contributed by atoms with Crippen molar-refractivity contribution in [3.8, 4) is 22.9 Å². The van der Waals surface area contributed by atoms with Crippen molar-refractivity contribution in [2.75, 3.05) is 7.11 Å². The molecule has 6 nitrogen and oxygen atoms in total. The van der Waals surface area contributed by atoms with E-state index in [2.05, 4.69) is 10.3 Å². The summed E-state index contributed by atoms with van der Waals surface area (Å²) in [5.41, 5.74) is 7.93. The highest BCUT2D eigenvalue weighted by atomic mass is 16.5. The Morgan fingerprint density at radius 2 is 2.10 bits per heavy atom. The number of methoxy groups -OCH3 is 1. The largest absolute Gasteiger partial charge is 0.494 e. The lowest BCUT2D eigenvalue weighted by molar-refractivity contribution is 0.411. The number of hydrogen-bond acceptors (Lipinski definition) is 5. The predicted octanol–water partition coefficient (Wildman–Crippen LogP) is 1.99. The molecule has 0 unspecified atom stereocenters. The van der Waals surface area contributed by atoms with Gasteiger partial charge in [-0.05, 0) is 24.3 Å². The second-order valence-electron chi connectivity index (χ2n) is 4.15. The number of aromatic nitrogens is 3. The Labute approximate surface area is 115 Å². The third kappa shape index (κ3) is 1.96. The van der Waals surface area contributed by atoms with E-state index < -0.39 is 0 Å². The van der Waals surface area contributed by atoms with Crippen LogP contribution in [0.2, 0.25) is 0 Å². The molecule has 102 valence electrons. The summed E-state index contributed by atoms with van der Waals surface area (Å²) in [6.07, 6.45) is 1.61. The SMILES string of the molecule is COc1ccccc1-n1nnc(CN)c1-c1ccco1. The molecule has 0 atom stereocenters. The van der Waals surface area contributed by atoms with Gasteiger partial charge < -0.3 is 14.9 Å². The Morgan fingerprint density at radius 3 is 2.80 bits per heavy atom. The zero-order valence-corrected chi connectivity index (χ0v) is 11.0. The van der Waals surface area contributed by atoms with Crippen molar-refractivity contribution < 1.29 is 9.15 Å². The maximum absolute atomic E-state index is 5.73. The molecule has 2 N–H and O–H groups in total. The Hall–Kier alpha value is -2.60. The van der Waals surface area contributed by atoms with Crippen LogP contribution in [-0.4, -0.2) is 22.1 Å². The molecule has 6 heteroatoms. The average Bonchev–Trinajstić information content (AvgIpc) is 3.15. The minimum absolute atomic E-state index is 0.283. The Balaban J connectivity index is 2.22. The number of nitrogens with two attached hydrogens (primary N) is 1. The van der Waals surface area contributed by atoms with Crippen molar-refractivity contribution in [1.29, 1.82) is 0 Å². The fraction of sp³-hybridized carbons (Fsp3) is 0.143. The minimum atomic E-state index is 0.283. The van der Waals surface area contributed by atoms with E-state index in [0.717, 1.165) is 11.4 Å². The van der Waals surface area contributed by atoms with Crippen LogP contribution in [0.3, 0.4) is 0 Å². The van der Waals surface area contributed by atoms with Crippen molar-refractivity contribution in [3.63, 3.8) is 0 Å². The molecule has 0 fully saturated rings. The van der Waals surface area contributed by atoms with Gasteiger partial charge in [-0.15, -0.1) is 5.10 Å². The molecule has 2 heterocycles. The van der Waals surface area contributed by atoms with Gasteiger partial charge >= 0.3 is 0 Å². The van der Waals surface area contributed by atoms with E-state index in [4.69, 9.17) is 14.9 Å². The molecule has 0 radical (unpaired) electrons. The molecule has 0 aliphatic carbocycles. The normalized spacial score (nSPS) is 10.7. The van der Waals surface area contributed by atoms with Crippen molar-refractivity contribution in [3.05, 3.63) is 48.4 Å². The van der Waals surface area contributed by atoms with E-state index in [9.17, 15) is 0 Å². The van der Waals surface area contributed by atoms with Gasteiger partial charge in [-0.3, -0.25) is 0 Å². The zero-order chi connectivity index (χ0) is 13.9. The van der Waals surface area contributed by atoms with Crippen LogP contribution in [0.1, 0.15) is 5.69 Å². The molecule has 3 aromatic rings. The zero-order valence-electron chi connectivity index (χ0n) is 11.0. The van der Waals surface area contributed by atoms with Gasteiger partial charge in [0.2, 0.25) is 0 Å². The smallest absolute Gasteiger partial charge is 0.154 e. The van der Waals surface area contributed by atoms with Crippen molar-refractivity contribution in [2.45, 2.75) is 6.54 Å². The lowest BCUT2D eigenvalue weighted by Crippen LogP contribution is -2.03. The number of benzene rings is 1. The minimum Gasteiger partial charge on any atom is -0.494 e. The molecular formula is C14H14N4O2. The first-order chi connectivity index (χ1) is 9.85. The van der Waals surface area contributed by atoms with Crippen molar-refractivity contribution in [1.82, 2.24) is 15.0 Å². The first-order valence-electron chi connectivity index (χ1n) is 6.17. The van der Waals surface area contributed by atoms with Crippen molar-refractivity contribution in [2.24, 2.45) is 5.73 Å². The fourth-order valence-corrected chi connectivity index (χ4v) is 2.08. The molecule has 0 spiro atoms. The summed E-state index contributed by atoms with van der Waals surface area (Å²) in [7, 11) is 1.62. The van der Waals surface area contributed by atoms with E-state index >= 15 is 0 Å². The van der Waals surface area contributed by atoms with Crippen LogP contribution in [0, 0.1) is 0 Å². The molecule has 2 aromatic heterocycles. The van der Waals surface area contributed by atoms with E-state index in [1.54, 1.807) is 18.1 Å². The fourth-order valence-electron chi connectivity index (χ4n) is 2.08. The van der Waals surface area contributed by atoms with Gasteiger partial charge in [-0.1, -0.05) is 17.3 Å². The van der Waals surface area contributed by atoms with Gasteiger partial charge in [0.15, 0.2) is 5.76 Å². The molecule has 20 heavy (non-hydrogen) atoms. The lowest BCUT2D eigenvalue weighted by atomic mass is 10.2. The number of hydrogen-bond donors (Lipinski definition) is 1. The van der Waals surface area contributed by atoms with Crippen LogP contribution < -0.4 is 10.5 Å². The quantitative estimate of drug-likeness (QED) is 0.784. The van der Waals surface area contributed by atoms with Gasteiger partial charge in [0.25, 0.3) is 0 Å². The summed E-state index contributed by atoms with van der Waals surface area (Å²) in [5, 5.41) is 8.28. The third-order valence-corrected chi connectivity index (χ3v) is 3.00. The van der Waals surface area contributed by atoms with Gasteiger partial charge in [0, 0.05) is 6.54 Å². The molecule has 0 saturated carbocycles.